The largest absolute Gasteiger partial charge is 0.480 e. The number of halogens is 1. The van der Waals surface area contributed by atoms with Gasteiger partial charge >= 0.3 is 5.97 Å². The first-order valence-corrected chi connectivity index (χ1v) is 6.63. The molecule has 1 rings (SSSR count). The summed E-state index contributed by atoms with van der Waals surface area (Å²) in [5, 5.41) is 9.52. The molecule has 0 heterocycles. The van der Waals surface area contributed by atoms with Gasteiger partial charge in [0, 0.05) is 18.7 Å². The Bertz CT molecular complexity index is 457. The molecule has 0 aliphatic rings. The number of carbonyl (C=O) groups excluding carboxylic acids is 1. The summed E-state index contributed by atoms with van der Waals surface area (Å²) in [5.74, 6) is -1.38. The Kier molecular flexibility index (Phi) is 6.48. The van der Waals surface area contributed by atoms with Crippen LogP contribution in [0, 0.1) is 0 Å². The van der Waals surface area contributed by atoms with Crippen molar-refractivity contribution in [1.82, 2.24) is 4.90 Å². The summed E-state index contributed by atoms with van der Waals surface area (Å²) in [4.78, 5) is 24.4. The van der Waals surface area contributed by atoms with Crippen molar-refractivity contribution in [2.75, 3.05) is 13.7 Å². The Morgan fingerprint density at radius 1 is 1.35 bits per heavy atom. The van der Waals surface area contributed by atoms with Gasteiger partial charge in [-0.05, 0) is 24.1 Å². The third kappa shape index (κ3) is 4.83. The van der Waals surface area contributed by atoms with Gasteiger partial charge in [0.05, 0.1) is 0 Å². The Hall–Kier alpha value is -1.59. The van der Waals surface area contributed by atoms with E-state index in [2.05, 4.69) is 0 Å². The summed E-state index contributed by atoms with van der Waals surface area (Å²) in [7, 11) is 1.44. The van der Waals surface area contributed by atoms with Gasteiger partial charge in [-0.2, -0.15) is 0 Å². The zero-order valence-corrected chi connectivity index (χ0v) is 12.3. The lowest BCUT2D eigenvalue weighted by Gasteiger charge is -2.24. The van der Waals surface area contributed by atoms with Crippen molar-refractivity contribution in [2.45, 2.75) is 26.0 Å². The van der Waals surface area contributed by atoms with Crippen LogP contribution in [0.5, 0.6) is 0 Å². The van der Waals surface area contributed by atoms with Crippen LogP contribution < -0.4 is 0 Å². The molecule has 1 N–H and O–H groups in total. The van der Waals surface area contributed by atoms with E-state index >= 15 is 0 Å². The molecule has 1 amide bonds. The molecule has 1 aromatic rings. The molecule has 0 fully saturated rings. The third-order valence-corrected chi connectivity index (χ3v) is 3.11. The van der Waals surface area contributed by atoms with E-state index in [1.165, 1.54) is 12.0 Å². The molecule has 6 heteroatoms. The van der Waals surface area contributed by atoms with E-state index < -0.39 is 12.1 Å². The van der Waals surface area contributed by atoms with Crippen molar-refractivity contribution < 1.29 is 19.4 Å². The van der Waals surface area contributed by atoms with E-state index in [0.29, 0.717) is 11.4 Å². The van der Waals surface area contributed by atoms with E-state index in [-0.39, 0.29) is 19.0 Å². The van der Waals surface area contributed by atoms with Gasteiger partial charge in [0.1, 0.15) is 12.6 Å². The molecule has 110 valence electrons. The Labute approximate surface area is 123 Å². The number of benzene rings is 1. The maximum Gasteiger partial charge on any atom is 0.323 e. The Morgan fingerprint density at radius 3 is 2.40 bits per heavy atom. The number of methoxy groups -OCH3 is 1. The third-order valence-electron chi connectivity index (χ3n) is 2.86. The molecule has 1 aromatic carbocycles. The maximum absolute atomic E-state index is 12.2. The number of hydrogen-bond donors (Lipinski definition) is 1. The molecule has 0 saturated heterocycles. The van der Waals surface area contributed by atoms with Crippen molar-refractivity contribution in [3.8, 4) is 0 Å². The van der Waals surface area contributed by atoms with E-state index in [1.807, 2.05) is 6.92 Å². The van der Waals surface area contributed by atoms with Crippen molar-refractivity contribution in [2.24, 2.45) is 0 Å². The molecule has 1 atom stereocenters. The Balaban J connectivity index is 2.85. The number of ether oxygens (including phenoxy) is 1. The summed E-state index contributed by atoms with van der Waals surface area (Å²) >= 11 is 5.80. The van der Waals surface area contributed by atoms with Crippen LogP contribution in [0.3, 0.4) is 0 Å². The van der Waals surface area contributed by atoms with Crippen LogP contribution in [0.25, 0.3) is 0 Å². The first-order valence-electron chi connectivity index (χ1n) is 6.25. The lowest BCUT2D eigenvalue weighted by atomic mass is 10.2. The Morgan fingerprint density at radius 2 is 1.95 bits per heavy atom. The summed E-state index contributed by atoms with van der Waals surface area (Å²) in [6, 6.07) is 6.93. The van der Waals surface area contributed by atoms with Crippen LogP contribution in [0.1, 0.15) is 18.9 Å². The number of hydrogen-bond acceptors (Lipinski definition) is 3. The fraction of sp³-hybridized carbons (Fsp3) is 0.429. The van der Waals surface area contributed by atoms with Crippen LogP contribution in [-0.2, 0) is 20.9 Å². The van der Waals surface area contributed by atoms with Crippen LogP contribution in [0.4, 0.5) is 0 Å². The minimum Gasteiger partial charge on any atom is -0.480 e. The van der Waals surface area contributed by atoms with Crippen molar-refractivity contribution in [3.63, 3.8) is 0 Å². The van der Waals surface area contributed by atoms with Crippen LogP contribution in [0.2, 0.25) is 5.02 Å². The summed E-state index contributed by atoms with van der Waals surface area (Å²) < 4.78 is 5.08. The average Bonchev–Trinajstić information content (AvgIpc) is 2.41. The zero-order valence-electron chi connectivity index (χ0n) is 11.5. The van der Waals surface area contributed by atoms with Gasteiger partial charge in [-0.25, -0.2) is 0 Å². The monoisotopic (exact) mass is 299 g/mol. The fourth-order valence-corrected chi connectivity index (χ4v) is 1.96. The normalized spacial score (nSPS) is 11.9. The molecule has 5 nitrogen and oxygen atoms in total. The molecular formula is C14H18ClNO4. The van der Waals surface area contributed by atoms with E-state index in [0.717, 1.165) is 5.56 Å². The number of carboxylic acid groups (broad SMARTS) is 1. The second kappa shape index (κ2) is 7.87. The molecule has 0 aliphatic heterocycles. The standard InChI is InChI=1S/C14H18ClNO4/c1-3-12(20-2)14(19)16(9-13(17)18)8-10-4-6-11(15)7-5-10/h4-7,12H,3,8-9H2,1-2H3,(H,17,18). The van der Waals surface area contributed by atoms with Crippen molar-refractivity contribution >= 4 is 23.5 Å². The predicted octanol–water partition coefficient (Wildman–Crippen LogP) is 2.18. The minimum atomic E-state index is -1.06. The van der Waals surface area contributed by atoms with Gasteiger partial charge in [0.2, 0.25) is 0 Å². The fourth-order valence-electron chi connectivity index (χ4n) is 1.83. The topological polar surface area (TPSA) is 66.8 Å². The van der Waals surface area contributed by atoms with Gasteiger partial charge in [-0.3, -0.25) is 9.59 Å². The second-order valence-electron chi connectivity index (χ2n) is 4.35. The number of carbonyl (C=O) groups is 2. The predicted molar refractivity (Wildman–Crippen MR) is 75.6 cm³/mol. The van der Waals surface area contributed by atoms with Crippen molar-refractivity contribution in [1.29, 1.82) is 0 Å². The molecule has 0 bridgehead atoms. The molecule has 1 unspecified atom stereocenters. The quantitative estimate of drug-likeness (QED) is 0.838. The minimum absolute atomic E-state index is 0.210. The maximum atomic E-state index is 12.2. The number of aliphatic carboxylic acids is 1. The highest BCUT2D eigenvalue weighted by Gasteiger charge is 2.24. The highest BCUT2D eigenvalue weighted by atomic mass is 35.5. The lowest BCUT2D eigenvalue weighted by Crippen LogP contribution is -2.42. The van der Waals surface area contributed by atoms with E-state index in [1.54, 1.807) is 24.3 Å². The van der Waals surface area contributed by atoms with Gasteiger partial charge in [-0.15, -0.1) is 0 Å². The molecule has 0 aliphatic carbocycles. The molecule has 0 saturated carbocycles. The van der Waals surface area contributed by atoms with Crippen molar-refractivity contribution in [3.05, 3.63) is 34.9 Å². The number of rotatable bonds is 7. The highest BCUT2D eigenvalue weighted by Crippen LogP contribution is 2.13. The van der Waals surface area contributed by atoms with Gasteiger partial charge in [-0.1, -0.05) is 30.7 Å². The second-order valence-corrected chi connectivity index (χ2v) is 4.78. The summed E-state index contributed by atoms with van der Waals surface area (Å²) in [5.41, 5.74) is 0.815. The van der Waals surface area contributed by atoms with E-state index in [9.17, 15) is 9.59 Å². The molecule has 0 aromatic heterocycles. The van der Waals surface area contributed by atoms with Gasteiger partial charge in [0.15, 0.2) is 0 Å². The van der Waals surface area contributed by atoms with Crippen LogP contribution >= 0.6 is 11.6 Å². The molecule has 0 spiro atoms. The van der Waals surface area contributed by atoms with Gasteiger partial charge in [0.25, 0.3) is 5.91 Å². The number of nitrogens with zero attached hydrogens (tertiary/aromatic N) is 1. The summed E-state index contributed by atoms with van der Waals surface area (Å²) in [6.07, 6.45) is -0.131. The molecular weight excluding hydrogens is 282 g/mol. The lowest BCUT2D eigenvalue weighted by molar-refractivity contribution is -0.150. The van der Waals surface area contributed by atoms with Crippen LogP contribution in [-0.4, -0.2) is 41.6 Å². The van der Waals surface area contributed by atoms with E-state index in [4.69, 9.17) is 21.4 Å². The highest BCUT2D eigenvalue weighted by molar-refractivity contribution is 6.30. The number of carboxylic acids is 1. The zero-order chi connectivity index (χ0) is 15.1. The summed E-state index contributed by atoms with van der Waals surface area (Å²) in [6.45, 7) is 1.66. The number of amides is 1. The van der Waals surface area contributed by atoms with Gasteiger partial charge < -0.3 is 14.7 Å². The van der Waals surface area contributed by atoms with Crippen LogP contribution in [0.15, 0.2) is 24.3 Å². The molecule has 20 heavy (non-hydrogen) atoms. The first-order chi connectivity index (χ1) is 9.47. The smallest absolute Gasteiger partial charge is 0.323 e. The SMILES string of the molecule is CCC(OC)C(=O)N(CC(=O)O)Cc1ccc(Cl)cc1. The first kappa shape index (κ1) is 16.5. The average molecular weight is 300 g/mol. The molecule has 0 radical (unpaired) electrons.